The Labute approximate surface area is 135 Å². The van der Waals surface area contributed by atoms with Gasteiger partial charge in [0.2, 0.25) is 0 Å². The first kappa shape index (κ1) is 15.0. The molecule has 2 nitrogen and oxygen atoms in total. The van der Waals surface area contributed by atoms with Crippen LogP contribution in [0.1, 0.15) is 72.6 Å². The van der Waals surface area contributed by atoms with Gasteiger partial charge in [0.15, 0.2) is 0 Å². The lowest BCUT2D eigenvalue weighted by molar-refractivity contribution is -0.183. The molecule has 0 aromatic rings. The van der Waals surface area contributed by atoms with Gasteiger partial charge in [-0.05, 0) is 88.4 Å². The van der Waals surface area contributed by atoms with Crippen LogP contribution in [0.3, 0.4) is 0 Å². The van der Waals surface area contributed by atoms with Crippen molar-refractivity contribution in [3.8, 4) is 0 Å². The summed E-state index contributed by atoms with van der Waals surface area (Å²) < 4.78 is 6.31. The highest BCUT2D eigenvalue weighted by Crippen LogP contribution is 2.70. The van der Waals surface area contributed by atoms with Crippen LogP contribution in [-0.2, 0) is 9.53 Å². The van der Waals surface area contributed by atoms with Crippen LogP contribution in [0.25, 0.3) is 0 Å². The van der Waals surface area contributed by atoms with E-state index in [-0.39, 0.29) is 17.0 Å². The summed E-state index contributed by atoms with van der Waals surface area (Å²) in [5.74, 6) is 5.40. The summed E-state index contributed by atoms with van der Waals surface area (Å²) in [5.41, 5.74) is -0.460. The zero-order valence-electron chi connectivity index (χ0n) is 14.7. The van der Waals surface area contributed by atoms with E-state index >= 15 is 0 Å². The predicted molar refractivity (Wildman–Crippen MR) is 87.2 cm³/mol. The summed E-state index contributed by atoms with van der Waals surface area (Å²) in [6.45, 7) is 8.40. The standard InChI is InChI=1S/C20H32O2/c1-5-19(3,4)18(21)22-20(6-2)11-14-10-15(20)17-13-8-7-12(9-13)16(14)17/h12-17H,5-11H2,1-4H3/t12?,13?,14-,15-,16?,17?,20+/m1/s1. The Morgan fingerprint density at radius 1 is 1.09 bits per heavy atom. The van der Waals surface area contributed by atoms with Crippen molar-refractivity contribution in [3.63, 3.8) is 0 Å². The number of fused-ring (bicyclic) bond motifs is 9. The SMILES string of the molecule is CCC(C)(C)C(=O)O[C@@]1(CC)C[C@H]2C[C@@H]1C1C3CCC(C3)C12. The Morgan fingerprint density at radius 2 is 1.77 bits per heavy atom. The second-order valence-corrected chi connectivity index (χ2v) is 9.34. The highest BCUT2D eigenvalue weighted by molar-refractivity contribution is 5.76. The van der Waals surface area contributed by atoms with Crippen LogP contribution < -0.4 is 0 Å². The first-order valence-corrected chi connectivity index (χ1v) is 9.65. The van der Waals surface area contributed by atoms with Gasteiger partial charge in [0.1, 0.15) is 5.60 Å². The van der Waals surface area contributed by atoms with E-state index in [0.29, 0.717) is 5.92 Å². The van der Waals surface area contributed by atoms with Gasteiger partial charge in [-0.1, -0.05) is 13.8 Å². The molecule has 0 aromatic carbocycles. The molecule has 0 spiro atoms. The topological polar surface area (TPSA) is 26.3 Å². The monoisotopic (exact) mass is 304 g/mol. The average molecular weight is 304 g/mol. The fraction of sp³-hybridized carbons (Fsp3) is 0.950. The van der Waals surface area contributed by atoms with Crippen molar-refractivity contribution in [2.75, 3.05) is 0 Å². The molecule has 4 saturated carbocycles. The van der Waals surface area contributed by atoms with Crippen molar-refractivity contribution in [3.05, 3.63) is 0 Å². The Kier molecular flexibility index (Phi) is 3.24. The van der Waals surface area contributed by atoms with Crippen LogP contribution in [0, 0.1) is 40.9 Å². The lowest BCUT2D eigenvalue weighted by Gasteiger charge is -2.46. The van der Waals surface area contributed by atoms with Crippen molar-refractivity contribution in [1.82, 2.24) is 0 Å². The number of hydrogen-bond donors (Lipinski definition) is 0. The Balaban J connectivity index is 1.58. The number of esters is 1. The zero-order chi connectivity index (χ0) is 15.7. The highest BCUT2D eigenvalue weighted by atomic mass is 16.6. The fourth-order valence-electron chi connectivity index (χ4n) is 6.76. The first-order chi connectivity index (χ1) is 10.4. The fourth-order valence-corrected chi connectivity index (χ4v) is 6.76. The number of hydrogen-bond acceptors (Lipinski definition) is 2. The summed E-state index contributed by atoms with van der Waals surface area (Å²) in [4.78, 5) is 12.7. The summed E-state index contributed by atoms with van der Waals surface area (Å²) in [7, 11) is 0. The highest BCUT2D eigenvalue weighted by Gasteiger charge is 2.67. The van der Waals surface area contributed by atoms with E-state index in [1.54, 1.807) is 0 Å². The lowest BCUT2D eigenvalue weighted by atomic mass is 9.65. The van der Waals surface area contributed by atoms with E-state index in [1.165, 1.54) is 25.7 Å². The first-order valence-electron chi connectivity index (χ1n) is 9.65. The van der Waals surface area contributed by atoms with Crippen LogP contribution in [0.5, 0.6) is 0 Å². The lowest BCUT2D eigenvalue weighted by Crippen LogP contribution is -2.49. The summed E-state index contributed by atoms with van der Waals surface area (Å²) >= 11 is 0. The quantitative estimate of drug-likeness (QED) is 0.550. The second-order valence-electron chi connectivity index (χ2n) is 9.34. The van der Waals surface area contributed by atoms with E-state index in [0.717, 1.165) is 48.9 Å². The molecule has 4 bridgehead atoms. The Morgan fingerprint density at radius 3 is 2.41 bits per heavy atom. The van der Waals surface area contributed by atoms with Crippen molar-refractivity contribution in [2.24, 2.45) is 40.9 Å². The van der Waals surface area contributed by atoms with Crippen molar-refractivity contribution in [1.29, 1.82) is 0 Å². The molecule has 4 aliphatic carbocycles. The van der Waals surface area contributed by atoms with E-state index in [2.05, 4.69) is 13.8 Å². The molecule has 0 heterocycles. The van der Waals surface area contributed by atoms with E-state index < -0.39 is 0 Å². The molecule has 0 N–H and O–H groups in total. The van der Waals surface area contributed by atoms with Gasteiger partial charge in [0, 0.05) is 5.92 Å². The van der Waals surface area contributed by atoms with Gasteiger partial charge < -0.3 is 4.74 Å². The molecular formula is C20H32O2. The molecule has 4 rings (SSSR count). The van der Waals surface area contributed by atoms with Crippen LogP contribution in [0.4, 0.5) is 0 Å². The van der Waals surface area contributed by atoms with E-state index in [9.17, 15) is 4.79 Å². The number of ether oxygens (including phenoxy) is 1. The maximum absolute atomic E-state index is 12.7. The maximum atomic E-state index is 12.7. The molecular weight excluding hydrogens is 272 g/mol. The number of carbonyl (C=O) groups excluding carboxylic acids is 1. The number of carbonyl (C=O) groups is 1. The minimum atomic E-state index is -0.335. The van der Waals surface area contributed by atoms with Gasteiger partial charge in [-0.2, -0.15) is 0 Å². The summed E-state index contributed by atoms with van der Waals surface area (Å²) in [6.07, 6.45) is 8.79. The molecule has 4 unspecified atom stereocenters. The smallest absolute Gasteiger partial charge is 0.312 e. The van der Waals surface area contributed by atoms with Crippen molar-refractivity contribution < 1.29 is 9.53 Å². The molecule has 4 fully saturated rings. The van der Waals surface area contributed by atoms with Gasteiger partial charge in [0.05, 0.1) is 5.41 Å². The minimum Gasteiger partial charge on any atom is -0.458 e. The number of rotatable bonds is 4. The van der Waals surface area contributed by atoms with Crippen molar-refractivity contribution >= 4 is 5.97 Å². The normalized spacial score (nSPS) is 48.7. The third kappa shape index (κ3) is 1.82. The van der Waals surface area contributed by atoms with Gasteiger partial charge in [-0.3, -0.25) is 4.79 Å². The molecule has 0 amide bonds. The molecule has 124 valence electrons. The van der Waals surface area contributed by atoms with Gasteiger partial charge in [-0.15, -0.1) is 0 Å². The third-order valence-electron chi connectivity index (χ3n) is 8.23. The maximum Gasteiger partial charge on any atom is 0.312 e. The van der Waals surface area contributed by atoms with Crippen LogP contribution >= 0.6 is 0 Å². The largest absolute Gasteiger partial charge is 0.458 e. The van der Waals surface area contributed by atoms with Crippen LogP contribution in [0.2, 0.25) is 0 Å². The van der Waals surface area contributed by atoms with E-state index in [1.807, 2.05) is 13.8 Å². The third-order valence-corrected chi connectivity index (χ3v) is 8.23. The predicted octanol–water partition coefficient (Wildman–Crippen LogP) is 4.82. The molecule has 2 heteroatoms. The van der Waals surface area contributed by atoms with Gasteiger partial charge >= 0.3 is 5.97 Å². The second kappa shape index (κ2) is 4.74. The summed E-state index contributed by atoms with van der Waals surface area (Å²) in [5, 5.41) is 0. The average Bonchev–Trinajstić information content (AvgIpc) is 3.24. The van der Waals surface area contributed by atoms with E-state index in [4.69, 9.17) is 4.74 Å². The molecule has 0 saturated heterocycles. The molecule has 0 aromatic heterocycles. The molecule has 22 heavy (non-hydrogen) atoms. The van der Waals surface area contributed by atoms with Crippen LogP contribution in [0.15, 0.2) is 0 Å². The van der Waals surface area contributed by atoms with Crippen molar-refractivity contribution in [2.45, 2.75) is 78.2 Å². The van der Waals surface area contributed by atoms with Gasteiger partial charge in [0.25, 0.3) is 0 Å². The Hall–Kier alpha value is -0.530. The molecule has 7 atom stereocenters. The molecule has 0 aliphatic heterocycles. The summed E-state index contributed by atoms with van der Waals surface area (Å²) in [6, 6.07) is 0. The van der Waals surface area contributed by atoms with Crippen LogP contribution in [-0.4, -0.2) is 11.6 Å². The molecule has 4 aliphatic rings. The van der Waals surface area contributed by atoms with Gasteiger partial charge in [-0.25, -0.2) is 0 Å². The zero-order valence-corrected chi connectivity index (χ0v) is 14.7. The minimum absolute atomic E-state index is 0.0455. The Bertz CT molecular complexity index is 482. The molecule has 0 radical (unpaired) electrons.